The summed E-state index contributed by atoms with van der Waals surface area (Å²) < 4.78 is 0. The van der Waals surface area contributed by atoms with E-state index in [1.807, 2.05) is 0 Å². The number of amides is 13. The Balaban J connectivity index is 1.54. The Labute approximate surface area is 563 Å². The van der Waals surface area contributed by atoms with Crippen LogP contribution in [-0.4, -0.2) is 232 Å². The third kappa shape index (κ3) is 25.5. The number of H-pyrrole nitrogens is 2. The summed E-state index contributed by atoms with van der Waals surface area (Å²) >= 11 is 0. The molecule has 1 saturated heterocycles. The molecule has 0 spiro atoms. The lowest BCUT2D eigenvalue weighted by atomic mass is 9.96. The minimum absolute atomic E-state index is 0.0525. The number of benzene rings is 1. The molecular formula is C61H93N19O18. The van der Waals surface area contributed by atoms with Crippen molar-refractivity contribution in [1.29, 1.82) is 0 Å². The van der Waals surface area contributed by atoms with E-state index >= 15 is 0 Å². The fourth-order valence-corrected chi connectivity index (χ4v) is 10.3. The van der Waals surface area contributed by atoms with E-state index in [1.165, 1.54) is 32.0 Å². The van der Waals surface area contributed by atoms with Crippen LogP contribution in [0.2, 0.25) is 0 Å². The van der Waals surface area contributed by atoms with Crippen molar-refractivity contribution in [3.63, 3.8) is 0 Å². The maximum Gasteiger partial charge on any atom is 0.326 e. The normalized spacial score (nSPS) is 17.0. The van der Waals surface area contributed by atoms with Gasteiger partial charge >= 0.3 is 5.97 Å². The lowest BCUT2D eigenvalue weighted by Gasteiger charge is -2.32. The number of aliphatic hydroxyl groups excluding tert-OH is 3. The van der Waals surface area contributed by atoms with Crippen LogP contribution in [0.1, 0.15) is 109 Å². The molecule has 13 amide bonds. The Hall–Kier alpha value is -9.98. The number of imidazole rings is 2. The first-order valence-electron chi connectivity index (χ1n) is 31.9. The third-order valence-electron chi connectivity index (χ3n) is 16.1. The maximum absolute atomic E-state index is 14.5. The molecule has 4 rings (SSSR count). The molecule has 3 aromatic rings. The van der Waals surface area contributed by atoms with Crippen LogP contribution >= 0.6 is 0 Å². The van der Waals surface area contributed by atoms with Crippen LogP contribution in [0.4, 0.5) is 0 Å². The summed E-state index contributed by atoms with van der Waals surface area (Å²) in [5, 5.41) is 65.8. The number of nitrogens with two attached hydrogens (primary N) is 4. The van der Waals surface area contributed by atoms with Gasteiger partial charge < -0.3 is 111 Å². The summed E-state index contributed by atoms with van der Waals surface area (Å²) in [7, 11) is 0. The number of primary amides is 2. The second kappa shape index (κ2) is 39.9. The largest absolute Gasteiger partial charge is 0.480 e. The van der Waals surface area contributed by atoms with Crippen LogP contribution in [0.3, 0.4) is 0 Å². The average Bonchev–Trinajstić information content (AvgIpc) is 1.57. The first kappa shape index (κ1) is 80.5. The van der Waals surface area contributed by atoms with Gasteiger partial charge in [0.05, 0.1) is 37.9 Å². The van der Waals surface area contributed by atoms with Crippen LogP contribution in [0.25, 0.3) is 0 Å². The summed E-state index contributed by atoms with van der Waals surface area (Å²) in [6.07, 6.45) is 0.283. The van der Waals surface area contributed by atoms with Gasteiger partial charge in [0.1, 0.15) is 72.5 Å². The molecule has 2 aromatic heterocycles. The Morgan fingerprint density at radius 3 is 1.57 bits per heavy atom. The summed E-state index contributed by atoms with van der Waals surface area (Å²) in [4.78, 5) is 204. The predicted molar refractivity (Wildman–Crippen MR) is 345 cm³/mol. The van der Waals surface area contributed by atoms with Crippen molar-refractivity contribution in [2.24, 2.45) is 28.9 Å². The zero-order valence-electron chi connectivity index (χ0n) is 55.1. The number of carboxylic acid groups (broad SMARTS) is 1. The number of nitrogens with one attached hydrogen (secondary N) is 12. The van der Waals surface area contributed by atoms with Crippen molar-refractivity contribution in [3.8, 4) is 0 Å². The molecule has 37 nitrogen and oxygen atoms in total. The summed E-state index contributed by atoms with van der Waals surface area (Å²) in [6, 6.07) is -10.1. The lowest BCUT2D eigenvalue weighted by molar-refractivity contribution is -0.145. The highest BCUT2D eigenvalue weighted by Gasteiger charge is 2.43. The Kier molecular flexibility index (Phi) is 32.8. The molecule has 1 fully saturated rings. The Morgan fingerprint density at radius 2 is 1.07 bits per heavy atom. The van der Waals surface area contributed by atoms with Gasteiger partial charge in [0, 0.05) is 56.0 Å². The van der Waals surface area contributed by atoms with Gasteiger partial charge in [-0.25, -0.2) is 14.8 Å². The molecule has 0 saturated carbocycles. The van der Waals surface area contributed by atoms with E-state index < -0.39 is 199 Å². The molecule has 15 atom stereocenters. The van der Waals surface area contributed by atoms with E-state index in [9.17, 15) is 87.5 Å². The number of hydrogen-bond acceptors (Lipinski definition) is 21. The second-order valence-electron chi connectivity index (χ2n) is 24.0. The van der Waals surface area contributed by atoms with Gasteiger partial charge in [0.25, 0.3) is 0 Å². The minimum atomic E-state index is -1.87. The maximum atomic E-state index is 14.5. The standard InChI is InChI=1S/C61H93N19O18/c1-6-30(2)47(77-51(87)37(63)27-81)58(94)74-40(21-34-13-8-7-9-14-34)54(90)70-31(3)50(86)73-41(22-35-25-66-28-68-35)55(91)72-39(17-18-45(64)84)53(89)79-49(33(5)83)60(96)80-20-12-16-44(80)57(93)78-48(32(4)82)59(95)75-42(23-36-26-67-29-69-36)56(92)71-38(15-10-11-19-62)52(88)76-43(61(97)98)24-46(65)85/h7-9,13-14,25-26,28-33,37-44,47-49,81-83H,6,10-12,15-24,27,62-63H2,1-5H3,(H2,64,84)(H2,65,85)(H,66,68)(H,67,69)(H,70,90)(H,71,92)(H,72,91)(H,73,86)(H,74,94)(H,75,95)(H,76,88)(H,77,87)(H,78,93)(H,79,89)(H,97,98)/t30-,31-,32+,33+,37-,38-,39-,40-,41-,42-,43-,44-,47-,48-,49-/m0/s1. The number of unbranched alkanes of at least 4 members (excludes halogenated alkanes) is 1. The molecule has 0 bridgehead atoms. The van der Waals surface area contributed by atoms with Crippen LogP contribution in [-0.2, 0) is 86.4 Å². The molecule has 0 radical (unpaired) electrons. The van der Waals surface area contributed by atoms with Gasteiger partial charge in [-0.15, -0.1) is 0 Å². The molecule has 0 unspecified atom stereocenters. The van der Waals surface area contributed by atoms with E-state index in [0.717, 1.165) is 18.7 Å². The molecule has 1 aliphatic rings. The number of nitrogens with zero attached hydrogens (tertiary/aromatic N) is 3. The first-order chi connectivity index (χ1) is 46.4. The molecule has 3 heterocycles. The quantitative estimate of drug-likeness (QED) is 0.0234. The minimum Gasteiger partial charge on any atom is -0.480 e. The molecule has 0 aliphatic carbocycles. The highest BCUT2D eigenvalue weighted by atomic mass is 16.4. The van der Waals surface area contributed by atoms with Gasteiger partial charge in [0.15, 0.2) is 0 Å². The molecular weight excluding hydrogens is 1290 g/mol. The predicted octanol–water partition coefficient (Wildman–Crippen LogP) is -7.50. The third-order valence-corrected chi connectivity index (χ3v) is 16.1. The van der Waals surface area contributed by atoms with Crippen molar-refractivity contribution < 1.29 is 87.5 Å². The smallest absolute Gasteiger partial charge is 0.326 e. The number of carbonyl (C=O) groups is 14. The Morgan fingerprint density at radius 1 is 0.582 bits per heavy atom. The average molecular weight is 1380 g/mol. The van der Waals surface area contributed by atoms with Gasteiger partial charge in [-0.2, -0.15) is 0 Å². The molecule has 1 aliphatic heterocycles. The Bertz CT molecular complexity index is 3190. The number of carboxylic acids is 1. The number of aromatic nitrogens is 4. The number of aliphatic carboxylic acids is 1. The van der Waals surface area contributed by atoms with E-state index in [-0.39, 0.29) is 69.4 Å². The number of carbonyl (C=O) groups excluding carboxylic acids is 13. The van der Waals surface area contributed by atoms with Crippen molar-refractivity contribution in [1.82, 2.24) is 78.0 Å². The van der Waals surface area contributed by atoms with E-state index in [2.05, 4.69) is 73.1 Å². The van der Waals surface area contributed by atoms with Crippen LogP contribution in [0.15, 0.2) is 55.4 Å². The summed E-state index contributed by atoms with van der Waals surface area (Å²) in [6.45, 7) is 6.33. The molecule has 1 aromatic carbocycles. The highest BCUT2D eigenvalue weighted by Crippen LogP contribution is 2.21. The summed E-state index contributed by atoms with van der Waals surface area (Å²) in [5.74, 6) is -14.8. The zero-order valence-corrected chi connectivity index (χ0v) is 55.1. The summed E-state index contributed by atoms with van der Waals surface area (Å²) in [5.41, 5.74) is 23.2. The topological polar surface area (TPSA) is 605 Å². The highest BCUT2D eigenvalue weighted by molar-refractivity contribution is 6.00. The van der Waals surface area contributed by atoms with Gasteiger partial charge in [0.2, 0.25) is 76.8 Å². The van der Waals surface area contributed by atoms with Crippen molar-refractivity contribution in [2.45, 2.75) is 196 Å². The lowest BCUT2D eigenvalue weighted by Crippen LogP contribution is -2.63. The number of aliphatic hydroxyl groups is 3. The van der Waals surface area contributed by atoms with Crippen molar-refractivity contribution in [3.05, 3.63) is 72.3 Å². The van der Waals surface area contributed by atoms with Crippen molar-refractivity contribution >= 4 is 82.8 Å². The number of likely N-dealkylation sites (tertiary alicyclic amines) is 1. The second-order valence-corrected chi connectivity index (χ2v) is 24.0. The van der Waals surface area contributed by atoms with Gasteiger partial charge in [-0.3, -0.25) is 62.3 Å². The van der Waals surface area contributed by atoms with Crippen LogP contribution < -0.4 is 76.1 Å². The molecule has 24 N–H and O–H groups in total. The van der Waals surface area contributed by atoms with Crippen LogP contribution in [0.5, 0.6) is 0 Å². The number of aromatic amines is 2. The van der Waals surface area contributed by atoms with Gasteiger partial charge in [-0.1, -0.05) is 50.6 Å². The molecule has 540 valence electrons. The van der Waals surface area contributed by atoms with E-state index in [4.69, 9.17) is 22.9 Å². The fraction of sp³-hybridized carbons (Fsp3) is 0.574. The van der Waals surface area contributed by atoms with E-state index in [0.29, 0.717) is 18.4 Å². The van der Waals surface area contributed by atoms with Gasteiger partial charge in [-0.05, 0) is 77.3 Å². The van der Waals surface area contributed by atoms with Crippen LogP contribution in [0, 0.1) is 5.92 Å². The zero-order chi connectivity index (χ0) is 72.9. The number of rotatable bonds is 42. The first-order valence-corrected chi connectivity index (χ1v) is 31.9. The monoisotopic (exact) mass is 1380 g/mol. The molecule has 98 heavy (non-hydrogen) atoms. The van der Waals surface area contributed by atoms with E-state index in [1.54, 1.807) is 44.2 Å². The van der Waals surface area contributed by atoms with Crippen molar-refractivity contribution in [2.75, 3.05) is 19.7 Å². The number of hydrogen-bond donors (Lipinski definition) is 20. The SMILES string of the molecule is CC[C@H](C)[C@H](NC(=O)[C@@H](N)CO)C(=O)N[C@@H](Cc1ccccc1)C(=O)N[C@@H](C)C(=O)N[C@@H](Cc1cnc[nH]1)C(=O)N[C@@H](CCC(N)=O)C(=O)N[C@H](C(=O)N1CCC[C@H]1C(=O)N[C@H](C(=O)N[C@@H](Cc1cnc[nH]1)C(=O)N[C@@H](CCCCN)C(=O)N[C@@H](CC(N)=O)C(=O)O)[C@@H](C)O)[C@@H](C)O. The fourth-order valence-electron chi connectivity index (χ4n) is 10.3. The molecule has 37 heteroatoms.